The number of nitrogens with zero attached hydrogens (tertiary/aromatic N) is 3. The number of anilines is 1. The molecule has 108 valence electrons. The Morgan fingerprint density at radius 2 is 2.40 bits per heavy atom. The van der Waals surface area contributed by atoms with Gasteiger partial charge in [-0.1, -0.05) is 32.1 Å². The Labute approximate surface area is 120 Å². The van der Waals surface area contributed by atoms with E-state index in [9.17, 15) is 0 Å². The molecule has 0 aromatic carbocycles. The van der Waals surface area contributed by atoms with Crippen LogP contribution in [0.1, 0.15) is 19.8 Å². The van der Waals surface area contributed by atoms with Crippen LogP contribution in [-0.4, -0.2) is 35.9 Å². The lowest BCUT2D eigenvalue weighted by Gasteiger charge is -2.11. The van der Waals surface area contributed by atoms with Crippen LogP contribution in [0.15, 0.2) is 42.3 Å². The molecular weight excluding hydrogens is 252 g/mol. The largest absolute Gasteiger partial charge is 0.482 e. The molecule has 1 heterocycles. The summed E-state index contributed by atoms with van der Waals surface area (Å²) < 4.78 is 5.71. The minimum Gasteiger partial charge on any atom is -0.482 e. The molecule has 20 heavy (non-hydrogen) atoms. The van der Waals surface area contributed by atoms with Gasteiger partial charge in [-0.3, -0.25) is 4.99 Å². The number of rotatable bonds is 9. The highest BCUT2D eigenvalue weighted by Crippen LogP contribution is 2.19. The highest BCUT2D eigenvalue weighted by Gasteiger charge is 2.05. The van der Waals surface area contributed by atoms with Crippen LogP contribution >= 0.6 is 0 Å². The zero-order valence-electron chi connectivity index (χ0n) is 12.2. The molecule has 0 fully saturated rings. The molecule has 0 atom stereocenters. The van der Waals surface area contributed by atoms with Crippen molar-refractivity contribution in [1.82, 2.24) is 9.97 Å². The van der Waals surface area contributed by atoms with Crippen molar-refractivity contribution >= 4 is 11.5 Å². The molecule has 0 aliphatic carbocycles. The number of allylic oxidation sites excluding steroid dienone is 2. The van der Waals surface area contributed by atoms with Crippen molar-refractivity contribution in [1.29, 1.82) is 0 Å². The van der Waals surface area contributed by atoms with Crippen molar-refractivity contribution in [2.45, 2.75) is 19.8 Å². The van der Waals surface area contributed by atoms with Gasteiger partial charge in [0.05, 0.1) is 11.9 Å². The first kappa shape index (κ1) is 15.9. The van der Waals surface area contributed by atoms with Gasteiger partial charge in [-0.2, -0.15) is 0 Å². The Morgan fingerprint density at radius 3 is 3.10 bits per heavy atom. The lowest BCUT2D eigenvalue weighted by molar-refractivity contribution is 0.375. The van der Waals surface area contributed by atoms with Gasteiger partial charge in [0, 0.05) is 13.6 Å². The molecule has 0 amide bonds. The van der Waals surface area contributed by atoms with E-state index in [-0.39, 0.29) is 0 Å². The summed E-state index contributed by atoms with van der Waals surface area (Å²) in [5.41, 5.74) is 0.827. The van der Waals surface area contributed by atoms with Crippen LogP contribution in [0, 0.1) is 0 Å². The van der Waals surface area contributed by atoms with E-state index in [2.05, 4.69) is 33.8 Å². The van der Waals surface area contributed by atoms with Gasteiger partial charge in [0.25, 0.3) is 0 Å². The van der Waals surface area contributed by atoms with Crippen LogP contribution < -0.4 is 10.1 Å². The predicted molar refractivity (Wildman–Crippen MR) is 83.6 cm³/mol. The SMILES string of the molecule is C=C/C=C\C(COc1cncnc1NCCCC)=NC. The van der Waals surface area contributed by atoms with Crippen molar-refractivity contribution < 1.29 is 4.74 Å². The molecule has 0 aliphatic heterocycles. The van der Waals surface area contributed by atoms with Gasteiger partial charge in [-0.15, -0.1) is 0 Å². The van der Waals surface area contributed by atoms with Gasteiger partial charge in [0.2, 0.25) is 0 Å². The van der Waals surface area contributed by atoms with Gasteiger partial charge in [-0.05, 0) is 12.5 Å². The van der Waals surface area contributed by atoms with Crippen molar-refractivity contribution in [2.24, 2.45) is 4.99 Å². The summed E-state index contributed by atoms with van der Waals surface area (Å²) in [7, 11) is 1.73. The Bertz CT molecular complexity index is 469. The third-order valence-corrected chi connectivity index (χ3v) is 2.59. The van der Waals surface area contributed by atoms with E-state index < -0.39 is 0 Å². The zero-order valence-corrected chi connectivity index (χ0v) is 12.2. The van der Waals surface area contributed by atoms with Gasteiger partial charge < -0.3 is 10.1 Å². The first-order valence-corrected chi connectivity index (χ1v) is 6.73. The second-order valence-electron chi connectivity index (χ2n) is 4.11. The minimum atomic E-state index is 0.372. The van der Waals surface area contributed by atoms with Crippen LogP contribution in [0.4, 0.5) is 5.82 Å². The minimum absolute atomic E-state index is 0.372. The number of hydrogen-bond acceptors (Lipinski definition) is 5. The van der Waals surface area contributed by atoms with Crippen molar-refractivity contribution in [3.8, 4) is 5.75 Å². The molecule has 1 aromatic heterocycles. The van der Waals surface area contributed by atoms with Crippen molar-refractivity contribution in [3.63, 3.8) is 0 Å². The van der Waals surface area contributed by atoms with Crippen LogP contribution in [0.5, 0.6) is 5.75 Å². The van der Waals surface area contributed by atoms with E-state index in [0.29, 0.717) is 12.4 Å². The quantitative estimate of drug-likeness (QED) is 0.427. The van der Waals surface area contributed by atoms with Crippen LogP contribution in [0.2, 0.25) is 0 Å². The third kappa shape index (κ3) is 5.65. The first-order valence-electron chi connectivity index (χ1n) is 6.73. The molecule has 0 saturated heterocycles. The summed E-state index contributed by atoms with van der Waals surface area (Å²) in [6.45, 7) is 7.02. The third-order valence-electron chi connectivity index (χ3n) is 2.59. The normalized spacial score (nSPS) is 11.6. The van der Waals surface area contributed by atoms with Gasteiger partial charge in [-0.25, -0.2) is 9.97 Å². The second-order valence-corrected chi connectivity index (χ2v) is 4.11. The summed E-state index contributed by atoms with van der Waals surface area (Å²) >= 11 is 0. The highest BCUT2D eigenvalue weighted by molar-refractivity contribution is 5.96. The van der Waals surface area contributed by atoms with Crippen molar-refractivity contribution in [3.05, 3.63) is 37.3 Å². The summed E-state index contributed by atoms with van der Waals surface area (Å²) in [5, 5.41) is 3.25. The highest BCUT2D eigenvalue weighted by atomic mass is 16.5. The smallest absolute Gasteiger partial charge is 0.180 e. The Kier molecular flexibility index (Phi) is 7.72. The summed E-state index contributed by atoms with van der Waals surface area (Å²) in [6, 6.07) is 0. The fourth-order valence-electron chi connectivity index (χ4n) is 1.46. The molecule has 1 aromatic rings. The average molecular weight is 274 g/mol. The molecule has 5 heteroatoms. The maximum absolute atomic E-state index is 5.71. The molecule has 1 N–H and O–H groups in total. The zero-order chi connectivity index (χ0) is 14.6. The van der Waals surface area contributed by atoms with Gasteiger partial charge in [0.1, 0.15) is 12.9 Å². The predicted octanol–water partition coefficient (Wildman–Crippen LogP) is 2.88. The van der Waals surface area contributed by atoms with Crippen LogP contribution in [0.25, 0.3) is 0 Å². The van der Waals surface area contributed by atoms with E-state index in [1.165, 1.54) is 6.33 Å². The van der Waals surface area contributed by atoms with Crippen molar-refractivity contribution in [2.75, 3.05) is 25.5 Å². The van der Waals surface area contributed by atoms with Gasteiger partial charge in [0.15, 0.2) is 11.6 Å². The molecule has 0 spiro atoms. The monoisotopic (exact) mass is 274 g/mol. The van der Waals surface area contributed by atoms with Crippen LogP contribution in [-0.2, 0) is 0 Å². The Balaban J connectivity index is 2.62. The molecule has 0 bridgehead atoms. The fraction of sp³-hybridized carbons (Fsp3) is 0.400. The maximum atomic E-state index is 5.71. The first-order chi connectivity index (χ1) is 9.81. The van der Waals surface area contributed by atoms with E-state index in [1.54, 1.807) is 19.3 Å². The van der Waals surface area contributed by atoms with E-state index >= 15 is 0 Å². The number of aromatic nitrogens is 2. The molecule has 0 saturated carbocycles. The Morgan fingerprint density at radius 1 is 1.55 bits per heavy atom. The number of unbranched alkanes of at least 4 members (excludes halogenated alkanes) is 1. The topological polar surface area (TPSA) is 59.4 Å². The number of ether oxygens (including phenoxy) is 1. The van der Waals surface area contributed by atoms with E-state index in [4.69, 9.17) is 4.74 Å². The van der Waals surface area contributed by atoms with E-state index in [0.717, 1.165) is 30.9 Å². The molecule has 0 radical (unpaired) electrons. The molecular formula is C15H22N4O. The molecule has 5 nitrogen and oxygen atoms in total. The lowest BCUT2D eigenvalue weighted by Crippen LogP contribution is -2.12. The number of aliphatic imine (C=N–C) groups is 1. The maximum Gasteiger partial charge on any atom is 0.180 e. The summed E-state index contributed by atoms with van der Waals surface area (Å²) in [6.07, 6.45) is 10.8. The Hall–Kier alpha value is -2.17. The number of nitrogens with one attached hydrogen (secondary N) is 1. The lowest BCUT2D eigenvalue weighted by atomic mass is 10.3. The fourth-order valence-corrected chi connectivity index (χ4v) is 1.46. The summed E-state index contributed by atoms with van der Waals surface area (Å²) in [5.74, 6) is 1.35. The second kappa shape index (κ2) is 9.72. The molecule has 0 unspecified atom stereocenters. The molecule has 1 rings (SSSR count). The average Bonchev–Trinajstić information content (AvgIpc) is 2.49. The van der Waals surface area contributed by atoms with Gasteiger partial charge >= 0.3 is 0 Å². The van der Waals surface area contributed by atoms with Crippen LogP contribution in [0.3, 0.4) is 0 Å². The molecule has 0 aliphatic rings. The number of hydrogen-bond donors (Lipinski definition) is 1. The van der Waals surface area contributed by atoms with E-state index in [1.807, 2.05) is 12.2 Å². The standard InChI is InChI=1S/C15H22N4O/c1-4-6-8-13(16-3)11-20-14-10-17-12-19-15(14)18-9-7-5-2/h4,6,8,10,12H,1,5,7,9,11H2,2-3H3,(H,17,18,19)/b8-6-,16-13?. The summed E-state index contributed by atoms with van der Waals surface area (Å²) in [4.78, 5) is 12.3.